The first-order valence-corrected chi connectivity index (χ1v) is 10.9. The van der Waals surface area contributed by atoms with Gasteiger partial charge in [-0.3, -0.25) is 9.59 Å². The first kappa shape index (κ1) is 22.1. The van der Waals surface area contributed by atoms with Gasteiger partial charge in [0.25, 0.3) is 5.91 Å². The zero-order chi connectivity index (χ0) is 23.2. The van der Waals surface area contributed by atoms with E-state index in [0.717, 1.165) is 35.5 Å². The SMILES string of the molecule is Cc1cccc(NC(=O)Nc2cccc(CNC(=O)c3ccc(N4CCCC4=O)cc3)c2)c1. The molecule has 0 radical (unpaired) electrons. The predicted molar refractivity (Wildman–Crippen MR) is 129 cm³/mol. The Morgan fingerprint density at radius 1 is 0.909 bits per heavy atom. The highest BCUT2D eigenvalue weighted by Crippen LogP contribution is 2.21. The van der Waals surface area contributed by atoms with Crippen LogP contribution < -0.4 is 20.9 Å². The highest BCUT2D eigenvalue weighted by atomic mass is 16.2. The lowest BCUT2D eigenvalue weighted by atomic mass is 10.1. The van der Waals surface area contributed by atoms with Crippen molar-refractivity contribution in [3.63, 3.8) is 0 Å². The standard InChI is InChI=1S/C26H26N4O3/c1-18-5-2-7-21(15-18)28-26(33)29-22-8-3-6-19(16-22)17-27-25(32)20-10-12-23(13-11-20)30-14-4-9-24(30)31/h2-3,5-8,10-13,15-16H,4,9,14,17H2,1H3,(H,27,32)(H2,28,29,33). The number of hydrogen-bond donors (Lipinski definition) is 3. The van der Waals surface area contributed by atoms with Crippen LogP contribution in [-0.2, 0) is 11.3 Å². The van der Waals surface area contributed by atoms with Crippen LogP contribution in [0.2, 0.25) is 0 Å². The van der Waals surface area contributed by atoms with Gasteiger partial charge in [0.1, 0.15) is 0 Å². The number of amides is 4. The topological polar surface area (TPSA) is 90.5 Å². The Morgan fingerprint density at radius 2 is 1.61 bits per heavy atom. The van der Waals surface area contributed by atoms with Crippen molar-refractivity contribution >= 4 is 34.9 Å². The van der Waals surface area contributed by atoms with Gasteiger partial charge in [-0.05, 0) is 73.0 Å². The lowest BCUT2D eigenvalue weighted by Gasteiger charge is -2.16. The summed E-state index contributed by atoms with van der Waals surface area (Å²) in [7, 11) is 0. The lowest BCUT2D eigenvalue weighted by Crippen LogP contribution is -2.25. The Balaban J connectivity index is 1.31. The van der Waals surface area contributed by atoms with E-state index in [1.165, 1.54) is 0 Å². The lowest BCUT2D eigenvalue weighted by molar-refractivity contribution is -0.117. The van der Waals surface area contributed by atoms with Crippen molar-refractivity contribution in [2.24, 2.45) is 0 Å². The van der Waals surface area contributed by atoms with Gasteiger partial charge < -0.3 is 20.9 Å². The van der Waals surface area contributed by atoms with E-state index in [0.29, 0.717) is 24.2 Å². The maximum absolute atomic E-state index is 12.5. The van der Waals surface area contributed by atoms with Gasteiger partial charge in [-0.15, -0.1) is 0 Å². The quantitative estimate of drug-likeness (QED) is 0.517. The van der Waals surface area contributed by atoms with Crippen LogP contribution in [0.3, 0.4) is 0 Å². The number of carbonyl (C=O) groups is 3. The average molecular weight is 443 g/mol. The Morgan fingerprint density at radius 3 is 2.27 bits per heavy atom. The first-order chi connectivity index (χ1) is 16.0. The molecule has 33 heavy (non-hydrogen) atoms. The second-order valence-corrected chi connectivity index (χ2v) is 8.03. The van der Waals surface area contributed by atoms with Crippen LogP contribution in [0.25, 0.3) is 0 Å². The minimum Gasteiger partial charge on any atom is -0.348 e. The molecule has 1 saturated heterocycles. The second kappa shape index (κ2) is 9.99. The third-order valence-electron chi connectivity index (χ3n) is 5.43. The number of carbonyl (C=O) groups excluding carboxylic acids is 3. The highest BCUT2D eigenvalue weighted by molar-refractivity contribution is 6.00. The highest BCUT2D eigenvalue weighted by Gasteiger charge is 2.21. The Bertz CT molecular complexity index is 1170. The van der Waals surface area contributed by atoms with Gasteiger partial charge in [0, 0.05) is 42.1 Å². The fraction of sp³-hybridized carbons (Fsp3) is 0.192. The molecule has 7 heteroatoms. The van der Waals surface area contributed by atoms with E-state index >= 15 is 0 Å². The summed E-state index contributed by atoms with van der Waals surface area (Å²) in [5.74, 6) is -0.0851. The molecule has 0 unspecified atom stereocenters. The molecule has 1 aliphatic rings. The van der Waals surface area contributed by atoms with Crippen LogP contribution in [0.1, 0.15) is 34.3 Å². The summed E-state index contributed by atoms with van der Waals surface area (Å²) < 4.78 is 0. The van der Waals surface area contributed by atoms with Crippen LogP contribution in [0.15, 0.2) is 72.8 Å². The van der Waals surface area contributed by atoms with Gasteiger partial charge in [0.15, 0.2) is 0 Å². The van der Waals surface area contributed by atoms with Crippen molar-refractivity contribution in [1.29, 1.82) is 0 Å². The molecule has 0 saturated carbocycles. The van der Waals surface area contributed by atoms with Crippen molar-refractivity contribution in [2.45, 2.75) is 26.3 Å². The molecule has 0 aliphatic carbocycles. The summed E-state index contributed by atoms with van der Waals surface area (Å²) in [5, 5.41) is 8.51. The molecular formula is C26H26N4O3. The average Bonchev–Trinajstić information content (AvgIpc) is 3.23. The third-order valence-corrected chi connectivity index (χ3v) is 5.43. The van der Waals surface area contributed by atoms with Crippen LogP contribution in [0.5, 0.6) is 0 Å². The number of urea groups is 1. The summed E-state index contributed by atoms with van der Waals surface area (Å²) in [6, 6.07) is 21.6. The van der Waals surface area contributed by atoms with E-state index in [9.17, 15) is 14.4 Å². The van der Waals surface area contributed by atoms with Crippen LogP contribution in [-0.4, -0.2) is 24.4 Å². The Kier molecular flexibility index (Phi) is 6.69. The third kappa shape index (κ3) is 5.77. The van der Waals surface area contributed by atoms with E-state index in [4.69, 9.17) is 0 Å². The molecular weight excluding hydrogens is 416 g/mol. The molecule has 3 aromatic rings. The second-order valence-electron chi connectivity index (χ2n) is 8.03. The first-order valence-electron chi connectivity index (χ1n) is 10.9. The predicted octanol–water partition coefficient (Wildman–Crippen LogP) is 4.70. The van der Waals surface area contributed by atoms with Gasteiger partial charge >= 0.3 is 6.03 Å². The molecule has 3 aromatic carbocycles. The summed E-state index contributed by atoms with van der Waals surface area (Å²) >= 11 is 0. The fourth-order valence-corrected chi connectivity index (χ4v) is 3.77. The van der Waals surface area contributed by atoms with Crippen LogP contribution in [0.4, 0.5) is 21.9 Å². The van der Waals surface area contributed by atoms with Crippen molar-refractivity contribution in [1.82, 2.24) is 5.32 Å². The molecule has 168 valence electrons. The Labute approximate surface area is 192 Å². The minimum atomic E-state index is -0.335. The number of hydrogen-bond acceptors (Lipinski definition) is 3. The normalized spacial score (nSPS) is 13.0. The number of rotatable bonds is 6. The van der Waals surface area contributed by atoms with Crippen molar-refractivity contribution in [3.05, 3.63) is 89.5 Å². The van der Waals surface area contributed by atoms with Crippen LogP contribution >= 0.6 is 0 Å². The molecule has 0 bridgehead atoms. The van der Waals surface area contributed by atoms with E-state index in [-0.39, 0.29) is 17.8 Å². The van der Waals surface area contributed by atoms with Gasteiger partial charge in [-0.25, -0.2) is 4.79 Å². The number of anilines is 3. The molecule has 0 atom stereocenters. The van der Waals surface area contributed by atoms with E-state index in [2.05, 4.69) is 16.0 Å². The van der Waals surface area contributed by atoms with E-state index < -0.39 is 0 Å². The minimum absolute atomic E-state index is 0.119. The smallest absolute Gasteiger partial charge is 0.323 e. The molecule has 3 N–H and O–H groups in total. The zero-order valence-electron chi connectivity index (χ0n) is 18.4. The Hall–Kier alpha value is -4.13. The molecule has 1 heterocycles. The van der Waals surface area contributed by atoms with Crippen molar-refractivity contribution < 1.29 is 14.4 Å². The number of benzene rings is 3. The molecule has 4 rings (SSSR count). The maximum Gasteiger partial charge on any atom is 0.323 e. The van der Waals surface area contributed by atoms with Crippen molar-refractivity contribution in [3.8, 4) is 0 Å². The van der Waals surface area contributed by atoms with Crippen molar-refractivity contribution in [2.75, 3.05) is 22.1 Å². The number of nitrogens with zero attached hydrogens (tertiary/aromatic N) is 1. The summed E-state index contributed by atoms with van der Waals surface area (Å²) in [4.78, 5) is 38.4. The number of nitrogens with one attached hydrogen (secondary N) is 3. The summed E-state index contributed by atoms with van der Waals surface area (Å²) in [5.41, 5.74) is 4.61. The molecule has 4 amide bonds. The monoisotopic (exact) mass is 442 g/mol. The zero-order valence-corrected chi connectivity index (χ0v) is 18.4. The van der Waals surface area contributed by atoms with Gasteiger partial charge in [-0.2, -0.15) is 0 Å². The molecule has 7 nitrogen and oxygen atoms in total. The summed E-state index contributed by atoms with van der Waals surface area (Å²) in [6.07, 6.45) is 1.44. The maximum atomic E-state index is 12.5. The largest absolute Gasteiger partial charge is 0.348 e. The molecule has 0 spiro atoms. The summed E-state index contributed by atoms with van der Waals surface area (Å²) in [6.45, 7) is 3.00. The molecule has 1 aliphatic heterocycles. The van der Waals surface area contributed by atoms with E-state index in [1.54, 1.807) is 35.2 Å². The van der Waals surface area contributed by atoms with Gasteiger partial charge in [0.2, 0.25) is 5.91 Å². The van der Waals surface area contributed by atoms with E-state index in [1.807, 2.05) is 49.4 Å². The van der Waals surface area contributed by atoms with Gasteiger partial charge in [-0.1, -0.05) is 24.3 Å². The van der Waals surface area contributed by atoms with Gasteiger partial charge in [0.05, 0.1) is 0 Å². The fourth-order valence-electron chi connectivity index (χ4n) is 3.77. The number of aryl methyl sites for hydroxylation is 1. The molecule has 0 aromatic heterocycles. The molecule has 1 fully saturated rings. The van der Waals surface area contributed by atoms with Crippen LogP contribution in [0, 0.1) is 6.92 Å².